The number of unbranched alkanes of at least 4 members (excludes halogenated alkanes) is 1. The van der Waals surface area contributed by atoms with Crippen molar-refractivity contribution in [3.8, 4) is 5.75 Å². The molecule has 0 spiro atoms. The van der Waals surface area contributed by atoms with E-state index in [1.807, 2.05) is 6.92 Å². The molecule has 1 aromatic rings. The quantitative estimate of drug-likeness (QED) is 0.591. The molecule has 3 nitrogen and oxygen atoms in total. The molecular weight excluding hydrogens is 180 g/mol. The number of phenols is 1. The van der Waals surface area contributed by atoms with Gasteiger partial charge >= 0.3 is 5.97 Å². The number of hydrogen-bond acceptors (Lipinski definition) is 3. The van der Waals surface area contributed by atoms with E-state index in [1.54, 1.807) is 12.1 Å². The van der Waals surface area contributed by atoms with Gasteiger partial charge in [-0.15, -0.1) is 0 Å². The van der Waals surface area contributed by atoms with Crippen LogP contribution in [0.15, 0.2) is 24.3 Å². The lowest BCUT2D eigenvalue weighted by molar-refractivity contribution is 0.0499. The van der Waals surface area contributed by atoms with Crippen LogP contribution in [-0.4, -0.2) is 17.7 Å². The minimum absolute atomic E-state index is 0.0786. The highest BCUT2D eigenvalue weighted by atomic mass is 16.5. The van der Waals surface area contributed by atoms with E-state index in [-0.39, 0.29) is 11.7 Å². The molecule has 0 fully saturated rings. The van der Waals surface area contributed by atoms with Gasteiger partial charge in [0.25, 0.3) is 0 Å². The van der Waals surface area contributed by atoms with Crippen LogP contribution in [0, 0.1) is 0 Å². The lowest BCUT2D eigenvalue weighted by Gasteiger charge is -2.03. The maximum Gasteiger partial charge on any atom is 0.338 e. The van der Waals surface area contributed by atoms with Gasteiger partial charge in [0, 0.05) is 0 Å². The van der Waals surface area contributed by atoms with Gasteiger partial charge in [0.1, 0.15) is 5.75 Å². The average Bonchev–Trinajstić information content (AvgIpc) is 2.18. The Balaban J connectivity index is 2.52. The maximum absolute atomic E-state index is 11.3. The molecule has 0 radical (unpaired) electrons. The van der Waals surface area contributed by atoms with E-state index >= 15 is 0 Å². The first-order chi connectivity index (χ1) is 6.74. The van der Waals surface area contributed by atoms with Crippen molar-refractivity contribution in [1.82, 2.24) is 0 Å². The highest BCUT2D eigenvalue weighted by Gasteiger charge is 2.06. The van der Waals surface area contributed by atoms with E-state index in [2.05, 4.69) is 0 Å². The molecule has 0 amide bonds. The van der Waals surface area contributed by atoms with Crippen molar-refractivity contribution < 1.29 is 14.6 Å². The van der Waals surface area contributed by atoms with Crippen LogP contribution in [-0.2, 0) is 4.74 Å². The van der Waals surface area contributed by atoms with Gasteiger partial charge in [-0.1, -0.05) is 19.4 Å². The Kier molecular flexibility index (Phi) is 3.98. The summed E-state index contributed by atoms with van der Waals surface area (Å²) in [4.78, 5) is 11.3. The normalized spacial score (nSPS) is 9.79. The number of aromatic hydroxyl groups is 1. The van der Waals surface area contributed by atoms with Crippen molar-refractivity contribution in [2.75, 3.05) is 6.61 Å². The number of hydrogen-bond donors (Lipinski definition) is 1. The Hall–Kier alpha value is -1.51. The Bertz CT molecular complexity index is 307. The summed E-state index contributed by atoms with van der Waals surface area (Å²) < 4.78 is 4.97. The van der Waals surface area contributed by atoms with Crippen molar-refractivity contribution in [3.63, 3.8) is 0 Å². The number of ether oxygens (including phenoxy) is 1. The summed E-state index contributed by atoms with van der Waals surface area (Å²) in [5, 5.41) is 9.13. The zero-order valence-corrected chi connectivity index (χ0v) is 8.19. The fourth-order valence-corrected chi connectivity index (χ4v) is 1.03. The third-order valence-corrected chi connectivity index (χ3v) is 1.81. The largest absolute Gasteiger partial charge is 0.508 e. The first-order valence-corrected chi connectivity index (χ1v) is 4.70. The Morgan fingerprint density at radius 1 is 1.50 bits per heavy atom. The number of benzene rings is 1. The fraction of sp³-hybridized carbons (Fsp3) is 0.364. The zero-order chi connectivity index (χ0) is 10.4. The summed E-state index contributed by atoms with van der Waals surface area (Å²) in [6, 6.07) is 6.15. The van der Waals surface area contributed by atoms with Crippen LogP contribution in [0.4, 0.5) is 0 Å². The van der Waals surface area contributed by atoms with Crippen LogP contribution in [0.5, 0.6) is 5.75 Å². The third-order valence-electron chi connectivity index (χ3n) is 1.81. The molecule has 1 N–H and O–H groups in total. The molecule has 1 aromatic carbocycles. The van der Waals surface area contributed by atoms with E-state index in [1.165, 1.54) is 12.1 Å². The van der Waals surface area contributed by atoms with Crippen LogP contribution in [0.2, 0.25) is 0 Å². The van der Waals surface area contributed by atoms with Gasteiger partial charge in [0.05, 0.1) is 12.2 Å². The second kappa shape index (κ2) is 5.27. The lowest BCUT2D eigenvalue weighted by Crippen LogP contribution is -2.05. The number of carbonyl (C=O) groups is 1. The number of esters is 1. The van der Waals surface area contributed by atoms with E-state index in [4.69, 9.17) is 9.84 Å². The maximum atomic E-state index is 11.3. The van der Waals surface area contributed by atoms with Crippen LogP contribution >= 0.6 is 0 Å². The van der Waals surface area contributed by atoms with Gasteiger partial charge in [0.2, 0.25) is 0 Å². The summed E-state index contributed by atoms with van der Waals surface area (Å²) in [5.74, 6) is -0.302. The SMILES string of the molecule is CCCCOC(=O)c1cccc(O)c1. The molecule has 0 heterocycles. The molecular formula is C11H14O3. The second-order valence-electron chi connectivity index (χ2n) is 3.04. The monoisotopic (exact) mass is 194 g/mol. The number of phenolic OH excluding ortho intramolecular Hbond substituents is 1. The van der Waals surface area contributed by atoms with E-state index in [0.717, 1.165) is 12.8 Å². The molecule has 76 valence electrons. The molecule has 0 unspecified atom stereocenters. The molecule has 0 aliphatic rings. The van der Waals surface area contributed by atoms with Crippen molar-refractivity contribution in [1.29, 1.82) is 0 Å². The van der Waals surface area contributed by atoms with Gasteiger partial charge < -0.3 is 9.84 Å². The first kappa shape index (κ1) is 10.6. The zero-order valence-electron chi connectivity index (χ0n) is 8.19. The van der Waals surface area contributed by atoms with Crippen LogP contribution in [0.3, 0.4) is 0 Å². The van der Waals surface area contributed by atoms with Crippen LogP contribution in [0.1, 0.15) is 30.1 Å². The molecule has 0 saturated carbocycles. The van der Waals surface area contributed by atoms with Gasteiger partial charge in [-0.3, -0.25) is 0 Å². The molecule has 0 aromatic heterocycles. The molecule has 0 saturated heterocycles. The summed E-state index contributed by atoms with van der Waals surface area (Å²) >= 11 is 0. The van der Waals surface area contributed by atoms with Crippen molar-refractivity contribution in [3.05, 3.63) is 29.8 Å². The summed E-state index contributed by atoms with van der Waals surface area (Å²) in [6.07, 6.45) is 1.86. The van der Waals surface area contributed by atoms with Gasteiger partial charge in [-0.25, -0.2) is 4.79 Å². The standard InChI is InChI=1S/C11H14O3/c1-2-3-7-14-11(13)9-5-4-6-10(12)8-9/h4-6,8,12H,2-3,7H2,1H3. The molecule has 3 heteroatoms. The number of carbonyl (C=O) groups excluding carboxylic acids is 1. The van der Waals surface area contributed by atoms with Crippen LogP contribution < -0.4 is 0 Å². The Labute approximate surface area is 83.3 Å². The minimum atomic E-state index is -0.380. The van der Waals surface area contributed by atoms with Gasteiger partial charge in [0.15, 0.2) is 0 Å². The molecule has 0 bridgehead atoms. The predicted octanol–water partition coefficient (Wildman–Crippen LogP) is 2.35. The van der Waals surface area contributed by atoms with Gasteiger partial charge in [-0.2, -0.15) is 0 Å². The van der Waals surface area contributed by atoms with E-state index in [0.29, 0.717) is 12.2 Å². The molecule has 0 atom stereocenters. The highest BCUT2D eigenvalue weighted by Crippen LogP contribution is 2.11. The molecule has 0 aliphatic heterocycles. The molecule has 1 rings (SSSR count). The number of rotatable bonds is 4. The van der Waals surface area contributed by atoms with Crippen LogP contribution in [0.25, 0.3) is 0 Å². The second-order valence-corrected chi connectivity index (χ2v) is 3.04. The van der Waals surface area contributed by atoms with E-state index in [9.17, 15) is 4.79 Å². The van der Waals surface area contributed by atoms with E-state index < -0.39 is 0 Å². The first-order valence-electron chi connectivity index (χ1n) is 4.70. The topological polar surface area (TPSA) is 46.5 Å². The Morgan fingerprint density at radius 2 is 2.29 bits per heavy atom. The van der Waals surface area contributed by atoms with Crippen molar-refractivity contribution >= 4 is 5.97 Å². The third kappa shape index (κ3) is 3.09. The lowest BCUT2D eigenvalue weighted by atomic mass is 10.2. The average molecular weight is 194 g/mol. The smallest absolute Gasteiger partial charge is 0.338 e. The highest BCUT2D eigenvalue weighted by molar-refractivity contribution is 5.89. The predicted molar refractivity (Wildman–Crippen MR) is 53.3 cm³/mol. The summed E-state index contributed by atoms with van der Waals surface area (Å²) in [7, 11) is 0. The molecule has 14 heavy (non-hydrogen) atoms. The minimum Gasteiger partial charge on any atom is -0.508 e. The fourth-order valence-electron chi connectivity index (χ4n) is 1.03. The van der Waals surface area contributed by atoms with Gasteiger partial charge in [-0.05, 0) is 24.6 Å². The molecule has 0 aliphatic carbocycles. The summed E-state index contributed by atoms with van der Waals surface area (Å²) in [6.45, 7) is 2.47. The van der Waals surface area contributed by atoms with Crippen molar-refractivity contribution in [2.45, 2.75) is 19.8 Å². The summed E-state index contributed by atoms with van der Waals surface area (Å²) in [5.41, 5.74) is 0.390. The Morgan fingerprint density at radius 3 is 2.93 bits per heavy atom. The van der Waals surface area contributed by atoms with Crippen molar-refractivity contribution in [2.24, 2.45) is 0 Å².